The first-order valence-corrected chi connectivity index (χ1v) is 10.3. The molecule has 0 radical (unpaired) electrons. The summed E-state index contributed by atoms with van der Waals surface area (Å²) in [6.07, 6.45) is 5.58. The van der Waals surface area contributed by atoms with Gasteiger partial charge in [-0.3, -0.25) is 4.98 Å². The number of anilines is 1. The van der Waals surface area contributed by atoms with E-state index < -0.39 is 0 Å². The summed E-state index contributed by atoms with van der Waals surface area (Å²) in [5, 5.41) is 9.67. The molecule has 8 heteroatoms. The Labute approximate surface area is 171 Å². The predicted octanol–water partition coefficient (Wildman–Crippen LogP) is 4.17. The largest absolute Gasteiger partial charge is 0.315 e. The molecule has 29 heavy (non-hydrogen) atoms. The number of pyridine rings is 3. The smallest absolute Gasteiger partial charge is 0.179 e. The van der Waals surface area contributed by atoms with E-state index in [-0.39, 0.29) is 0 Å². The number of fused-ring (bicyclic) bond motifs is 2. The molecular formula is C21H17N7S. The number of hydrogen-bond donors (Lipinski definition) is 1. The normalized spacial score (nSPS) is 11.2. The molecule has 0 amide bonds. The standard InChI is InChI=1S/C21H17N7S/c1-29-26-20-9-5-16(12-23-20)18-7-8-19-21(24-18)28(27-25-19)13-14-4-6-17-15(11-14)3-2-10-22-17/h2-12H,13H2,1H3,(H,23,26). The summed E-state index contributed by atoms with van der Waals surface area (Å²) in [6, 6.07) is 18.1. The van der Waals surface area contributed by atoms with E-state index >= 15 is 0 Å². The Morgan fingerprint density at radius 3 is 2.79 bits per heavy atom. The summed E-state index contributed by atoms with van der Waals surface area (Å²) >= 11 is 1.51. The molecule has 7 nitrogen and oxygen atoms in total. The van der Waals surface area contributed by atoms with Crippen LogP contribution in [0.4, 0.5) is 5.82 Å². The van der Waals surface area contributed by atoms with Crippen LogP contribution in [0, 0.1) is 0 Å². The van der Waals surface area contributed by atoms with E-state index in [9.17, 15) is 0 Å². The molecule has 1 N–H and O–H groups in total. The minimum Gasteiger partial charge on any atom is -0.315 e. The van der Waals surface area contributed by atoms with Crippen LogP contribution < -0.4 is 4.72 Å². The van der Waals surface area contributed by atoms with E-state index in [0.29, 0.717) is 6.54 Å². The second-order valence-corrected chi connectivity index (χ2v) is 7.17. The van der Waals surface area contributed by atoms with Gasteiger partial charge in [0, 0.05) is 29.6 Å². The SMILES string of the molecule is CSNc1ccc(-c2ccc3nnn(Cc4ccc5ncccc5c4)c3n2)cn1. The molecule has 0 aliphatic heterocycles. The highest BCUT2D eigenvalue weighted by Gasteiger charge is 2.10. The highest BCUT2D eigenvalue weighted by atomic mass is 32.2. The maximum atomic E-state index is 4.80. The molecule has 0 aliphatic carbocycles. The summed E-state index contributed by atoms with van der Waals surface area (Å²) in [7, 11) is 0. The van der Waals surface area contributed by atoms with Gasteiger partial charge in [0.2, 0.25) is 0 Å². The molecular weight excluding hydrogens is 382 g/mol. The molecule has 4 aromatic heterocycles. The van der Waals surface area contributed by atoms with Crippen molar-refractivity contribution < 1.29 is 0 Å². The van der Waals surface area contributed by atoms with Crippen molar-refractivity contribution in [1.29, 1.82) is 0 Å². The Morgan fingerprint density at radius 2 is 1.93 bits per heavy atom. The average molecular weight is 399 g/mol. The molecule has 5 rings (SSSR count). The van der Waals surface area contributed by atoms with E-state index in [2.05, 4.69) is 43.2 Å². The number of rotatable bonds is 5. The number of aromatic nitrogens is 6. The van der Waals surface area contributed by atoms with Crippen LogP contribution >= 0.6 is 11.9 Å². The highest BCUT2D eigenvalue weighted by Crippen LogP contribution is 2.22. The molecule has 0 aliphatic rings. The molecule has 0 bridgehead atoms. The zero-order valence-electron chi connectivity index (χ0n) is 15.6. The fraction of sp³-hybridized carbons (Fsp3) is 0.0952. The average Bonchev–Trinajstić information content (AvgIpc) is 3.16. The minimum absolute atomic E-state index is 0.590. The van der Waals surface area contributed by atoms with Gasteiger partial charge in [-0.1, -0.05) is 29.3 Å². The van der Waals surface area contributed by atoms with Crippen LogP contribution in [-0.2, 0) is 6.54 Å². The third kappa shape index (κ3) is 3.50. The van der Waals surface area contributed by atoms with E-state index in [0.717, 1.165) is 44.7 Å². The van der Waals surface area contributed by atoms with Crippen LogP contribution in [0.2, 0.25) is 0 Å². The zero-order chi connectivity index (χ0) is 19.6. The second kappa shape index (κ2) is 7.48. The monoisotopic (exact) mass is 399 g/mol. The lowest BCUT2D eigenvalue weighted by molar-refractivity contribution is 0.665. The lowest BCUT2D eigenvalue weighted by Crippen LogP contribution is -2.03. The first-order valence-electron chi connectivity index (χ1n) is 9.09. The number of hydrogen-bond acceptors (Lipinski definition) is 7. The molecule has 0 fully saturated rings. The van der Waals surface area contributed by atoms with E-state index in [4.69, 9.17) is 4.98 Å². The van der Waals surface area contributed by atoms with Gasteiger partial charge in [-0.05, 0) is 48.0 Å². The maximum Gasteiger partial charge on any atom is 0.179 e. The molecule has 5 aromatic rings. The van der Waals surface area contributed by atoms with Gasteiger partial charge in [-0.2, -0.15) is 0 Å². The van der Waals surface area contributed by atoms with Crippen LogP contribution in [0.25, 0.3) is 33.3 Å². The van der Waals surface area contributed by atoms with Crippen molar-refractivity contribution in [3.05, 3.63) is 72.6 Å². The summed E-state index contributed by atoms with van der Waals surface area (Å²) in [5.41, 5.74) is 5.41. The number of benzene rings is 1. The third-order valence-corrected chi connectivity index (χ3v) is 5.04. The van der Waals surface area contributed by atoms with Gasteiger partial charge >= 0.3 is 0 Å². The van der Waals surface area contributed by atoms with Gasteiger partial charge in [-0.15, -0.1) is 5.10 Å². The van der Waals surface area contributed by atoms with E-state index in [1.165, 1.54) is 11.9 Å². The zero-order valence-corrected chi connectivity index (χ0v) is 16.5. The molecule has 0 spiro atoms. The number of nitrogens with zero attached hydrogens (tertiary/aromatic N) is 6. The molecule has 0 atom stereocenters. The Bertz CT molecular complexity index is 1300. The molecule has 0 unspecified atom stereocenters. The molecule has 142 valence electrons. The van der Waals surface area contributed by atoms with Crippen LogP contribution in [-0.4, -0.2) is 36.2 Å². The van der Waals surface area contributed by atoms with Crippen molar-refractivity contribution in [2.24, 2.45) is 0 Å². The van der Waals surface area contributed by atoms with Crippen LogP contribution in [0.1, 0.15) is 5.56 Å². The van der Waals surface area contributed by atoms with Gasteiger partial charge in [0.05, 0.1) is 17.8 Å². The van der Waals surface area contributed by atoms with Gasteiger partial charge in [0.15, 0.2) is 5.65 Å². The van der Waals surface area contributed by atoms with Crippen molar-refractivity contribution in [3.63, 3.8) is 0 Å². The van der Waals surface area contributed by atoms with Gasteiger partial charge in [-0.25, -0.2) is 14.6 Å². The van der Waals surface area contributed by atoms with Crippen LogP contribution in [0.3, 0.4) is 0 Å². The first kappa shape index (κ1) is 17.6. The summed E-state index contributed by atoms with van der Waals surface area (Å²) in [5.74, 6) is 0.819. The van der Waals surface area contributed by atoms with Crippen molar-refractivity contribution in [2.45, 2.75) is 6.54 Å². The van der Waals surface area contributed by atoms with Crippen molar-refractivity contribution in [2.75, 3.05) is 11.0 Å². The Morgan fingerprint density at radius 1 is 1.00 bits per heavy atom. The Hall–Kier alpha value is -3.52. The predicted molar refractivity (Wildman–Crippen MR) is 117 cm³/mol. The van der Waals surface area contributed by atoms with Gasteiger partial charge in [0.1, 0.15) is 11.3 Å². The maximum absolute atomic E-state index is 4.80. The summed E-state index contributed by atoms with van der Waals surface area (Å²) in [6.45, 7) is 0.590. The molecule has 0 saturated carbocycles. The Kier molecular flexibility index (Phi) is 4.53. The van der Waals surface area contributed by atoms with Crippen molar-refractivity contribution in [1.82, 2.24) is 29.9 Å². The van der Waals surface area contributed by atoms with Gasteiger partial charge in [0.25, 0.3) is 0 Å². The fourth-order valence-corrected chi connectivity index (χ4v) is 3.56. The van der Waals surface area contributed by atoms with Crippen LogP contribution in [0.5, 0.6) is 0 Å². The first-order chi connectivity index (χ1) is 14.3. The molecule has 4 heterocycles. The minimum atomic E-state index is 0.590. The molecule has 0 saturated heterocycles. The van der Waals surface area contributed by atoms with E-state index in [1.54, 1.807) is 6.20 Å². The fourth-order valence-electron chi connectivity index (χ4n) is 3.23. The number of nitrogens with one attached hydrogen (secondary N) is 1. The third-order valence-electron chi connectivity index (χ3n) is 4.63. The van der Waals surface area contributed by atoms with Gasteiger partial charge < -0.3 is 4.72 Å². The lowest BCUT2D eigenvalue weighted by atomic mass is 10.1. The second-order valence-electron chi connectivity index (χ2n) is 6.56. The Balaban J connectivity index is 1.48. The molecule has 1 aromatic carbocycles. The van der Waals surface area contributed by atoms with E-state index in [1.807, 2.05) is 53.5 Å². The summed E-state index contributed by atoms with van der Waals surface area (Å²) < 4.78 is 4.94. The lowest BCUT2D eigenvalue weighted by Gasteiger charge is -2.06. The van der Waals surface area contributed by atoms with Crippen molar-refractivity contribution in [3.8, 4) is 11.3 Å². The quantitative estimate of drug-likeness (QED) is 0.444. The topological polar surface area (TPSA) is 81.4 Å². The highest BCUT2D eigenvalue weighted by molar-refractivity contribution is 7.99. The summed E-state index contributed by atoms with van der Waals surface area (Å²) in [4.78, 5) is 13.6. The van der Waals surface area contributed by atoms with Crippen molar-refractivity contribution >= 4 is 39.8 Å². The van der Waals surface area contributed by atoms with Crippen LogP contribution in [0.15, 0.2) is 67.0 Å².